The summed E-state index contributed by atoms with van der Waals surface area (Å²) in [5.41, 5.74) is 0.964. The maximum absolute atomic E-state index is 9.73. The molecule has 1 saturated heterocycles. The fraction of sp³-hybridized carbons (Fsp3) is 0.769. The number of aliphatic hydroxyl groups excluding tert-OH is 1. The summed E-state index contributed by atoms with van der Waals surface area (Å²) in [6.07, 6.45) is 3.59. The van der Waals surface area contributed by atoms with E-state index in [1.165, 1.54) is 19.3 Å². The van der Waals surface area contributed by atoms with Crippen molar-refractivity contribution in [2.75, 3.05) is 18.1 Å². The summed E-state index contributed by atoms with van der Waals surface area (Å²) in [5.74, 6) is 0. The number of aryl methyl sites for hydroxylation is 1. The number of aromatic nitrogens is 1. The molecule has 0 aromatic carbocycles. The van der Waals surface area contributed by atoms with Gasteiger partial charge in [0.15, 0.2) is 5.13 Å². The molecule has 18 heavy (non-hydrogen) atoms. The van der Waals surface area contributed by atoms with Gasteiger partial charge in [-0.25, -0.2) is 4.98 Å². The molecule has 0 amide bonds. The van der Waals surface area contributed by atoms with Gasteiger partial charge >= 0.3 is 0 Å². The Kier molecular flexibility index (Phi) is 3.30. The highest BCUT2D eigenvalue weighted by molar-refractivity contribution is 7.15. The smallest absolute Gasteiger partial charge is 0.186 e. The SMILES string of the molecule is Cc1nc(N2CCOC3CCCC32)sc1C(C)O. The van der Waals surface area contributed by atoms with Crippen LogP contribution in [0.4, 0.5) is 5.13 Å². The Bertz CT molecular complexity index is 433. The van der Waals surface area contributed by atoms with Crippen LogP contribution in [0.15, 0.2) is 0 Å². The lowest BCUT2D eigenvalue weighted by Gasteiger charge is -2.37. The molecule has 1 aromatic heterocycles. The van der Waals surface area contributed by atoms with Gasteiger partial charge in [0.1, 0.15) is 0 Å². The summed E-state index contributed by atoms with van der Waals surface area (Å²) in [6, 6.07) is 0.492. The number of aliphatic hydroxyl groups is 1. The molecule has 100 valence electrons. The van der Waals surface area contributed by atoms with Gasteiger partial charge in [0.2, 0.25) is 0 Å². The second-order valence-electron chi connectivity index (χ2n) is 5.22. The number of thiazole rings is 1. The second kappa shape index (κ2) is 4.79. The van der Waals surface area contributed by atoms with Crippen molar-refractivity contribution in [1.82, 2.24) is 4.98 Å². The first-order chi connectivity index (χ1) is 8.66. The fourth-order valence-corrected chi connectivity index (χ4v) is 4.15. The Morgan fingerprint density at radius 3 is 3.06 bits per heavy atom. The molecule has 2 aliphatic rings. The van der Waals surface area contributed by atoms with Crippen LogP contribution in [-0.4, -0.2) is 35.4 Å². The van der Waals surface area contributed by atoms with E-state index >= 15 is 0 Å². The lowest BCUT2D eigenvalue weighted by molar-refractivity contribution is 0.0256. The minimum atomic E-state index is -0.420. The van der Waals surface area contributed by atoms with Crippen LogP contribution in [0.5, 0.6) is 0 Å². The average Bonchev–Trinajstić information content (AvgIpc) is 2.94. The maximum Gasteiger partial charge on any atom is 0.186 e. The normalized spacial score (nSPS) is 29.4. The Morgan fingerprint density at radius 1 is 1.50 bits per heavy atom. The van der Waals surface area contributed by atoms with Crippen molar-refractivity contribution < 1.29 is 9.84 Å². The standard InChI is InChI=1S/C13H20N2O2S/c1-8-12(9(2)16)18-13(14-8)15-6-7-17-11-5-3-4-10(11)15/h9-11,16H,3-7H2,1-2H3. The van der Waals surface area contributed by atoms with Crippen LogP contribution in [0, 0.1) is 6.92 Å². The summed E-state index contributed by atoms with van der Waals surface area (Å²) >= 11 is 1.63. The van der Waals surface area contributed by atoms with Gasteiger partial charge in [-0.1, -0.05) is 11.3 Å². The van der Waals surface area contributed by atoms with Crippen molar-refractivity contribution in [3.63, 3.8) is 0 Å². The van der Waals surface area contributed by atoms with E-state index in [-0.39, 0.29) is 0 Å². The van der Waals surface area contributed by atoms with E-state index in [0.29, 0.717) is 12.1 Å². The fourth-order valence-electron chi connectivity index (χ4n) is 3.07. The van der Waals surface area contributed by atoms with Crippen molar-refractivity contribution >= 4 is 16.5 Å². The summed E-state index contributed by atoms with van der Waals surface area (Å²) < 4.78 is 5.82. The minimum absolute atomic E-state index is 0.387. The van der Waals surface area contributed by atoms with Gasteiger partial charge < -0.3 is 14.7 Å². The van der Waals surface area contributed by atoms with Gasteiger partial charge in [-0.15, -0.1) is 0 Å². The van der Waals surface area contributed by atoms with E-state index in [0.717, 1.165) is 28.9 Å². The van der Waals surface area contributed by atoms with E-state index in [1.807, 2.05) is 13.8 Å². The first kappa shape index (κ1) is 12.4. The molecule has 1 aliphatic carbocycles. The average molecular weight is 268 g/mol. The van der Waals surface area contributed by atoms with Gasteiger partial charge in [0, 0.05) is 6.54 Å². The van der Waals surface area contributed by atoms with Crippen LogP contribution >= 0.6 is 11.3 Å². The monoisotopic (exact) mass is 268 g/mol. The van der Waals surface area contributed by atoms with Crippen LogP contribution in [0.2, 0.25) is 0 Å². The largest absolute Gasteiger partial charge is 0.388 e. The molecule has 3 unspecified atom stereocenters. The van der Waals surface area contributed by atoms with Gasteiger partial charge in [-0.2, -0.15) is 0 Å². The number of rotatable bonds is 2. The topological polar surface area (TPSA) is 45.6 Å². The highest BCUT2D eigenvalue weighted by Gasteiger charge is 2.37. The van der Waals surface area contributed by atoms with Crippen LogP contribution in [0.1, 0.15) is 42.9 Å². The quantitative estimate of drug-likeness (QED) is 0.893. The second-order valence-corrected chi connectivity index (χ2v) is 6.23. The number of hydrogen-bond acceptors (Lipinski definition) is 5. The third-order valence-electron chi connectivity index (χ3n) is 3.93. The zero-order chi connectivity index (χ0) is 12.7. The molecule has 1 N–H and O–H groups in total. The molecular weight excluding hydrogens is 248 g/mol. The van der Waals surface area contributed by atoms with Gasteiger partial charge in [-0.3, -0.25) is 0 Å². The summed E-state index contributed by atoms with van der Waals surface area (Å²) in [7, 11) is 0. The molecule has 3 rings (SSSR count). The summed E-state index contributed by atoms with van der Waals surface area (Å²) in [5, 5.41) is 10.8. The molecule has 1 aromatic rings. The minimum Gasteiger partial charge on any atom is -0.388 e. The number of nitrogens with zero attached hydrogens (tertiary/aromatic N) is 2. The first-order valence-corrected chi connectivity index (χ1v) is 7.52. The van der Waals surface area contributed by atoms with Crippen LogP contribution in [-0.2, 0) is 4.74 Å². The lowest BCUT2D eigenvalue weighted by Crippen LogP contribution is -2.48. The number of fused-ring (bicyclic) bond motifs is 1. The number of anilines is 1. The Hall–Kier alpha value is -0.650. The molecule has 1 saturated carbocycles. The molecule has 2 fully saturated rings. The van der Waals surface area contributed by atoms with Crippen molar-refractivity contribution in [3.05, 3.63) is 10.6 Å². The molecular formula is C13H20N2O2S. The van der Waals surface area contributed by atoms with Crippen molar-refractivity contribution in [3.8, 4) is 0 Å². The Balaban J connectivity index is 1.87. The summed E-state index contributed by atoms with van der Waals surface area (Å²) in [4.78, 5) is 8.03. The van der Waals surface area contributed by atoms with Gasteiger partial charge in [0.05, 0.1) is 35.4 Å². The van der Waals surface area contributed by atoms with Crippen molar-refractivity contribution in [1.29, 1.82) is 0 Å². The highest BCUT2D eigenvalue weighted by Crippen LogP contribution is 2.37. The molecule has 5 heteroatoms. The molecule has 3 atom stereocenters. The molecule has 1 aliphatic heterocycles. The number of hydrogen-bond donors (Lipinski definition) is 1. The predicted molar refractivity (Wildman–Crippen MR) is 72.2 cm³/mol. The Morgan fingerprint density at radius 2 is 2.33 bits per heavy atom. The van der Waals surface area contributed by atoms with Gasteiger partial charge in [0.25, 0.3) is 0 Å². The third-order valence-corrected chi connectivity index (χ3v) is 5.29. The van der Waals surface area contributed by atoms with E-state index in [2.05, 4.69) is 9.88 Å². The van der Waals surface area contributed by atoms with Crippen molar-refractivity contribution in [2.24, 2.45) is 0 Å². The first-order valence-electron chi connectivity index (χ1n) is 6.70. The molecule has 0 bridgehead atoms. The molecule has 4 nitrogen and oxygen atoms in total. The third kappa shape index (κ3) is 2.04. The van der Waals surface area contributed by atoms with Crippen molar-refractivity contribution in [2.45, 2.75) is 51.4 Å². The maximum atomic E-state index is 9.73. The van der Waals surface area contributed by atoms with E-state index in [1.54, 1.807) is 11.3 Å². The molecule has 0 radical (unpaired) electrons. The number of ether oxygens (including phenoxy) is 1. The van der Waals surface area contributed by atoms with E-state index in [4.69, 9.17) is 4.74 Å². The van der Waals surface area contributed by atoms with Crippen LogP contribution in [0.25, 0.3) is 0 Å². The zero-order valence-corrected chi connectivity index (χ0v) is 11.7. The lowest BCUT2D eigenvalue weighted by atomic mass is 10.1. The summed E-state index contributed by atoms with van der Waals surface area (Å²) in [6.45, 7) is 5.51. The highest BCUT2D eigenvalue weighted by atomic mass is 32.1. The predicted octanol–water partition coefficient (Wildman–Crippen LogP) is 2.26. The van der Waals surface area contributed by atoms with E-state index in [9.17, 15) is 5.11 Å². The van der Waals surface area contributed by atoms with Gasteiger partial charge in [-0.05, 0) is 33.1 Å². The zero-order valence-electron chi connectivity index (χ0n) is 10.9. The van der Waals surface area contributed by atoms with Crippen LogP contribution in [0.3, 0.4) is 0 Å². The van der Waals surface area contributed by atoms with Crippen LogP contribution < -0.4 is 4.90 Å². The Labute approximate surface area is 112 Å². The van der Waals surface area contributed by atoms with E-state index < -0.39 is 6.10 Å². The number of morpholine rings is 1. The molecule has 0 spiro atoms. The molecule has 2 heterocycles.